The van der Waals surface area contributed by atoms with Crippen LogP contribution in [0.3, 0.4) is 0 Å². The summed E-state index contributed by atoms with van der Waals surface area (Å²) in [6.07, 6.45) is -8.61. The molecule has 1 aliphatic rings. The molecule has 5 unspecified atom stereocenters. The third-order valence-corrected chi connectivity index (χ3v) is 2.55. The van der Waals surface area contributed by atoms with E-state index in [2.05, 4.69) is 9.26 Å². The van der Waals surface area contributed by atoms with E-state index in [-0.39, 0.29) is 114 Å². The van der Waals surface area contributed by atoms with Crippen molar-refractivity contribution >= 4 is 7.82 Å². The Morgan fingerprint density at radius 2 is 1.50 bits per heavy atom. The molecule has 20 heavy (non-hydrogen) atoms. The molecule has 5 atom stereocenters. The van der Waals surface area contributed by atoms with Gasteiger partial charge in [0.1, 0.15) is 24.4 Å². The van der Waals surface area contributed by atoms with Crippen molar-refractivity contribution in [1.82, 2.24) is 0 Å². The Bertz CT molecular complexity index is 286. The summed E-state index contributed by atoms with van der Waals surface area (Å²) in [6, 6.07) is 0. The molecule has 0 radical (unpaired) electrons. The van der Waals surface area contributed by atoms with E-state index in [1.54, 1.807) is 0 Å². The molecule has 14 heteroatoms. The molecule has 0 aromatic heterocycles. The van der Waals surface area contributed by atoms with Crippen LogP contribution in [0.4, 0.5) is 0 Å². The van der Waals surface area contributed by atoms with Gasteiger partial charge in [-0.05, 0) is 0 Å². The molecule has 0 amide bonds. The quantitative estimate of drug-likeness (QED) is 0.272. The molecule has 8 N–H and O–H groups in total. The number of aliphatic hydroxyl groups excluding tert-OH is 4. The minimum absolute atomic E-state index is 0. The summed E-state index contributed by atoms with van der Waals surface area (Å²) >= 11 is 0. The van der Waals surface area contributed by atoms with Crippen LogP contribution in [0.25, 0.3) is 0 Å². The predicted molar refractivity (Wildman–Crippen MR) is 49.7 cm³/mol. The molecule has 1 saturated heterocycles. The summed E-state index contributed by atoms with van der Waals surface area (Å²) in [5.41, 5.74) is 0. The molecule has 112 valence electrons. The van der Waals surface area contributed by atoms with Gasteiger partial charge in [0.15, 0.2) is 6.29 Å². The third kappa shape index (κ3) is 9.41. The van der Waals surface area contributed by atoms with Crippen LogP contribution in [0.5, 0.6) is 0 Å². The van der Waals surface area contributed by atoms with Gasteiger partial charge in [-0.2, -0.15) is 0 Å². The Morgan fingerprint density at radius 1 is 1.05 bits per heavy atom. The molecular weight excluding hydrogens is 357 g/mol. The molecule has 0 saturated carbocycles. The van der Waals surface area contributed by atoms with Crippen molar-refractivity contribution in [1.29, 1.82) is 0 Å². The average molecular weight is 372 g/mol. The van der Waals surface area contributed by atoms with E-state index in [1.165, 1.54) is 0 Å². The number of phosphoric ester groups is 1. The summed E-state index contributed by atoms with van der Waals surface area (Å²) in [4.78, 5) is 20.6. The zero-order chi connectivity index (χ0) is 12.5. The Labute approximate surface area is 199 Å². The summed E-state index contributed by atoms with van der Waals surface area (Å²) in [5.74, 6) is 0. The normalized spacial score (nSPS) is 32.8. The van der Waals surface area contributed by atoms with Gasteiger partial charge in [-0.25, -0.2) is 0 Å². The molecule has 11 nitrogen and oxygen atoms in total. The van der Waals surface area contributed by atoms with Crippen LogP contribution in [-0.2, 0) is 13.8 Å². The van der Waals surface area contributed by atoms with E-state index in [1.807, 2.05) is 0 Å². The second-order valence-corrected chi connectivity index (χ2v) is 4.36. The number of rotatable bonds is 3. The maximum atomic E-state index is 10.3. The van der Waals surface area contributed by atoms with E-state index in [0.717, 1.165) is 0 Å². The monoisotopic (exact) mass is 372 g/mol. The molecule has 1 fully saturated rings. The van der Waals surface area contributed by atoms with Gasteiger partial charge in [0.05, 0.1) is 14.4 Å². The van der Waals surface area contributed by atoms with Crippen molar-refractivity contribution in [2.24, 2.45) is 0 Å². The van der Waals surface area contributed by atoms with Crippen LogP contribution in [0.1, 0.15) is 0 Å². The fourth-order valence-electron chi connectivity index (χ4n) is 1.28. The second kappa shape index (κ2) is 13.4. The predicted octanol–water partition coefficient (Wildman–Crippen LogP) is -12.0. The number of hydrogen-bond donors (Lipinski definition) is 4. The molecule has 0 aliphatic carbocycles. The van der Waals surface area contributed by atoms with Crippen molar-refractivity contribution < 1.29 is 158 Å². The third-order valence-electron chi connectivity index (χ3n) is 2.08. The maximum absolute atomic E-state index is 10.3. The van der Waals surface area contributed by atoms with Crippen LogP contribution >= 0.6 is 7.82 Å². The van der Waals surface area contributed by atoms with Crippen LogP contribution in [0.2, 0.25) is 0 Å². The van der Waals surface area contributed by atoms with Crippen LogP contribution < -0.4 is 113 Å². The first-order chi connectivity index (χ1) is 7.26. The van der Waals surface area contributed by atoms with Gasteiger partial charge in [-0.3, -0.25) is 0 Å². The van der Waals surface area contributed by atoms with Crippen molar-refractivity contribution in [2.75, 3.05) is 6.61 Å². The maximum Gasteiger partial charge on any atom is 1.00 e. The van der Waals surface area contributed by atoms with Crippen molar-refractivity contribution in [3.8, 4) is 0 Å². The van der Waals surface area contributed by atoms with E-state index >= 15 is 0 Å². The van der Waals surface area contributed by atoms with Crippen LogP contribution in [0, 0.1) is 0 Å². The Kier molecular flexibility index (Phi) is 20.7. The second-order valence-electron chi connectivity index (χ2n) is 3.25. The largest absolute Gasteiger partial charge is 1.00 e. The zero-order valence-electron chi connectivity index (χ0n) is 10.9. The smallest absolute Gasteiger partial charge is 0.790 e. The fraction of sp³-hybridized carbons (Fsp3) is 1.00. The Hall–Kier alpha value is 3.10. The van der Waals surface area contributed by atoms with Gasteiger partial charge in [-0.15, -0.1) is 0 Å². The fourth-order valence-corrected chi connectivity index (χ4v) is 1.71. The minimum atomic E-state index is -5.41. The first kappa shape index (κ1) is 30.9. The molecule has 1 aliphatic heterocycles. The topological polar surface area (TPSA) is 226 Å². The van der Waals surface area contributed by atoms with Crippen molar-refractivity contribution in [2.45, 2.75) is 30.7 Å². The van der Waals surface area contributed by atoms with Gasteiger partial charge in [0, 0.05) is 0 Å². The number of hydrogen-bond acceptors (Lipinski definition) is 9. The van der Waals surface area contributed by atoms with Crippen LogP contribution in [-0.4, -0.2) is 68.7 Å². The van der Waals surface area contributed by atoms with Crippen molar-refractivity contribution in [3.63, 3.8) is 0 Å². The van der Waals surface area contributed by atoms with Gasteiger partial charge in [-0.1, -0.05) is 0 Å². The average Bonchev–Trinajstić information content (AvgIpc) is 2.17. The van der Waals surface area contributed by atoms with Gasteiger partial charge < -0.3 is 55.0 Å². The first-order valence-electron chi connectivity index (χ1n) is 4.27. The first-order valence-corrected chi connectivity index (χ1v) is 5.73. The molecule has 0 spiro atoms. The van der Waals surface area contributed by atoms with E-state index < -0.39 is 45.1 Å². The van der Waals surface area contributed by atoms with E-state index in [9.17, 15) is 29.7 Å². The molecule has 0 aromatic rings. The molecule has 1 heterocycles. The molecule has 0 bridgehead atoms. The summed E-state index contributed by atoms with van der Waals surface area (Å²) in [7, 11) is -5.41. The number of aliphatic hydroxyl groups is 4. The Balaban J connectivity index is -0.000000320. The number of phosphoric acid groups is 1. The summed E-state index contributed by atoms with van der Waals surface area (Å²) < 4.78 is 18.7. The van der Waals surface area contributed by atoms with Gasteiger partial charge in [0.25, 0.3) is 0 Å². The van der Waals surface area contributed by atoms with Gasteiger partial charge >= 0.3 is 103 Å². The SMILES string of the molecule is O.O.O=P([O-])([O-])OC1OC(CO)C(O)C(O)C1O.[K+].[K+]. The van der Waals surface area contributed by atoms with Crippen LogP contribution in [0.15, 0.2) is 0 Å². The zero-order valence-corrected chi connectivity index (χ0v) is 18.0. The molecule has 0 aromatic carbocycles. The molecule has 1 rings (SSSR count). The summed E-state index contributed by atoms with van der Waals surface area (Å²) in [5, 5.41) is 36.5. The van der Waals surface area contributed by atoms with E-state index in [0.29, 0.717) is 0 Å². The Morgan fingerprint density at radius 3 is 1.85 bits per heavy atom. The van der Waals surface area contributed by atoms with Gasteiger partial charge in [0.2, 0.25) is 0 Å². The minimum Gasteiger partial charge on any atom is -0.790 e. The van der Waals surface area contributed by atoms with E-state index in [4.69, 9.17) is 5.11 Å². The van der Waals surface area contributed by atoms with Crippen molar-refractivity contribution in [3.05, 3.63) is 0 Å². The standard InChI is InChI=1S/C6H13O9P.2K.2H2O/c7-1-2-3(8)4(9)5(10)6(14-2)15-16(11,12)13;;;;/h2-10H,1H2,(H2,11,12,13);;;2*1H2/q;2*+1;;/p-2. The molecular formula is C6H15K2O11P. The number of ether oxygens (including phenoxy) is 1. The summed E-state index contributed by atoms with van der Waals surface area (Å²) in [6.45, 7) is -0.743.